The van der Waals surface area contributed by atoms with Crippen molar-refractivity contribution in [1.29, 1.82) is 0 Å². The summed E-state index contributed by atoms with van der Waals surface area (Å²) in [6, 6.07) is 22.1. The van der Waals surface area contributed by atoms with Gasteiger partial charge in [-0.1, -0.05) is 53.8 Å². The fraction of sp³-hybridized carbons (Fsp3) is 0.194. The molecule has 0 bridgehead atoms. The molecule has 1 aromatic heterocycles. The monoisotopic (exact) mass is 585 g/mol. The van der Waals surface area contributed by atoms with Crippen molar-refractivity contribution in [2.45, 2.75) is 19.6 Å². The summed E-state index contributed by atoms with van der Waals surface area (Å²) in [5.74, 6) is 0.0467. The molecule has 10 nitrogen and oxygen atoms in total. The number of hydrogen-bond donors (Lipinski definition) is 0. The molecule has 0 N–H and O–H groups in total. The molecule has 0 amide bonds. The molecule has 1 atom stereocenters. The van der Waals surface area contributed by atoms with E-state index in [1.54, 1.807) is 37.3 Å². The van der Waals surface area contributed by atoms with Crippen LogP contribution < -0.4 is 19.6 Å². The number of carbonyl (C=O) groups is 1. The molecule has 0 radical (unpaired) electrons. The third kappa shape index (κ3) is 6.22. The van der Waals surface area contributed by atoms with Crippen LogP contribution in [0.4, 0.5) is 5.69 Å². The summed E-state index contributed by atoms with van der Waals surface area (Å²) in [6.45, 7) is 2.39. The minimum absolute atomic E-state index is 0.0444. The SMILES string of the molecule is COCCOC(=O)C1=C(C)N=c2sc(=Cc3ccc([N+](=O)[O-])cc3)c(=O)n2C1c1ccc(OCc2ccccc2)cc1. The molecular weight excluding hydrogens is 558 g/mol. The average molecular weight is 586 g/mol. The number of esters is 1. The van der Waals surface area contributed by atoms with E-state index in [4.69, 9.17) is 14.2 Å². The minimum atomic E-state index is -0.793. The van der Waals surface area contributed by atoms with Crippen molar-refractivity contribution in [3.8, 4) is 5.75 Å². The van der Waals surface area contributed by atoms with Gasteiger partial charge in [-0.15, -0.1) is 0 Å². The number of nitro groups is 1. The zero-order valence-electron chi connectivity index (χ0n) is 22.9. The van der Waals surface area contributed by atoms with Crippen molar-refractivity contribution in [3.63, 3.8) is 0 Å². The summed E-state index contributed by atoms with van der Waals surface area (Å²) in [7, 11) is 1.51. The van der Waals surface area contributed by atoms with Gasteiger partial charge in [-0.25, -0.2) is 9.79 Å². The van der Waals surface area contributed by atoms with Crippen LogP contribution >= 0.6 is 11.3 Å². The van der Waals surface area contributed by atoms with Crippen LogP contribution in [0.25, 0.3) is 6.08 Å². The van der Waals surface area contributed by atoms with Crippen molar-refractivity contribution in [2.24, 2.45) is 4.99 Å². The van der Waals surface area contributed by atoms with E-state index in [0.29, 0.717) is 38.5 Å². The van der Waals surface area contributed by atoms with Gasteiger partial charge in [0.2, 0.25) is 0 Å². The van der Waals surface area contributed by atoms with Crippen molar-refractivity contribution < 1.29 is 23.9 Å². The van der Waals surface area contributed by atoms with Gasteiger partial charge in [-0.3, -0.25) is 19.5 Å². The Morgan fingerprint density at radius 1 is 1.05 bits per heavy atom. The zero-order valence-corrected chi connectivity index (χ0v) is 23.7. The standard InChI is InChI=1S/C31H27N3O7S/c1-20-27(30(36)40-17-16-39-2)28(23-10-14-25(15-11-23)41-19-22-6-4-3-5-7-22)33-29(35)26(42-31(33)32-20)18-21-8-12-24(13-9-21)34(37)38/h3-15,18,28H,16-17,19H2,1-2H3. The van der Waals surface area contributed by atoms with E-state index in [1.807, 2.05) is 42.5 Å². The molecule has 0 saturated carbocycles. The number of non-ortho nitro benzene ring substituents is 1. The van der Waals surface area contributed by atoms with Gasteiger partial charge in [0.15, 0.2) is 4.80 Å². The number of benzene rings is 3. The summed E-state index contributed by atoms with van der Waals surface area (Å²) in [5, 5.41) is 11.0. The van der Waals surface area contributed by atoms with Gasteiger partial charge in [-0.05, 0) is 54.0 Å². The van der Waals surface area contributed by atoms with Gasteiger partial charge in [0.05, 0.1) is 33.4 Å². The highest BCUT2D eigenvalue weighted by molar-refractivity contribution is 7.07. The largest absolute Gasteiger partial charge is 0.489 e. The summed E-state index contributed by atoms with van der Waals surface area (Å²) in [6.07, 6.45) is 1.65. The Hall–Kier alpha value is -4.87. The number of rotatable bonds is 10. The molecule has 4 aromatic rings. The lowest BCUT2D eigenvalue weighted by molar-refractivity contribution is -0.384. The van der Waals surface area contributed by atoms with E-state index < -0.39 is 16.9 Å². The van der Waals surface area contributed by atoms with Crippen LogP contribution in [-0.4, -0.2) is 35.8 Å². The fourth-order valence-electron chi connectivity index (χ4n) is 4.52. The Morgan fingerprint density at radius 2 is 1.76 bits per heavy atom. The van der Waals surface area contributed by atoms with Crippen LogP contribution in [0, 0.1) is 10.1 Å². The highest BCUT2D eigenvalue weighted by atomic mass is 32.1. The molecule has 0 saturated heterocycles. The van der Waals surface area contributed by atoms with Crippen molar-refractivity contribution >= 4 is 29.1 Å². The van der Waals surface area contributed by atoms with Crippen LogP contribution in [0.1, 0.15) is 29.7 Å². The first-order valence-corrected chi connectivity index (χ1v) is 13.9. The molecule has 5 rings (SSSR count). The van der Waals surface area contributed by atoms with E-state index in [1.165, 1.54) is 35.1 Å². The van der Waals surface area contributed by atoms with Crippen molar-refractivity contribution in [1.82, 2.24) is 4.57 Å². The molecule has 3 aromatic carbocycles. The van der Waals surface area contributed by atoms with Gasteiger partial charge in [0, 0.05) is 19.2 Å². The van der Waals surface area contributed by atoms with E-state index in [2.05, 4.69) is 4.99 Å². The summed E-state index contributed by atoms with van der Waals surface area (Å²) in [4.78, 5) is 42.7. The molecule has 2 heterocycles. The molecule has 0 aliphatic carbocycles. The Morgan fingerprint density at radius 3 is 2.43 bits per heavy atom. The summed E-state index contributed by atoms with van der Waals surface area (Å²) >= 11 is 1.18. The van der Waals surface area contributed by atoms with Crippen LogP contribution in [0.5, 0.6) is 5.75 Å². The first kappa shape index (κ1) is 28.7. The molecule has 11 heteroatoms. The van der Waals surface area contributed by atoms with Gasteiger partial charge in [-0.2, -0.15) is 0 Å². The van der Waals surface area contributed by atoms with Crippen LogP contribution in [0.15, 0.2) is 99.9 Å². The number of nitrogens with zero attached hydrogens (tertiary/aromatic N) is 3. The number of hydrogen-bond acceptors (Lipinski definition) is 9. The summed E-state index contributed by atoms with van der Waals surface area (Å²) in [5.41, 5.74) is 2.63. The number of nitro benzene ring substituents is 1. The lowest BCUT2D eigenvalue weighted by Crippen LogP contribution is -2.40. The number of allylic oxidation sites excluding steroid dienone is 1. The van der Waals surface area contributed by atoms with Crippen molar-refractivity contribution in [2.75, 3.05) is 20.3 Å². The van der Waals surface area contributed by atoms with Crippen LogP contribution in [0.2, 0.25) is 0 Å². The average Bonchev–Trinajstić information content (AvgIpc) is 3.30. The molecule has 1 aliphatic rings. The first-order valence-electron chi connectivity index (χ1n) is 13.1. The maximum absolute atomic E-state index is 13.8. The van der Waals surface area contributed by atoms with Crippen LogP contribution in [-0.2, 0) is 20.9 Å². The van der Waals surface area contributed by atoms with Crippen molar-refractivity contribution in [3.05, 3.63) is 137 Å². The second-order valence-electron chi connectivity index (χ2n) is 9.40. The molecule has 0 spiro atoms. The molecule has 0 fully saturated rings. The van der Waals surface area contributed by atoms with Gasteiger partial charge < -0.3 is 14.2 Å². The molecular formula is C31H27N3O7S. The van der Waals surface area contributed by atoms with Gasteiger partial charge in [0.1, 0.15) is 19.0 Å². The molecule has 42 heavy (non-hydrogen) atoms. The lowest BCUT2D eigenvalue weighted by atomic mass is 9.96. The smallest absolute Gasteiger partial charge is 0.338 e. The number of carbonyl (C=O) groups excluding carboxylic acids is 1. The third-order valence-corrected chi connectivity index (χ3v) is 7.59. The Kier molecular flexibility index (Phi) is 8.70. The zero-order chi connectivity index (χ0) is 29.6. The Balaban J connectivity index is 1.53. The number of fused-ring (bicyclic) bond motifs is 1. The Bertz CT molecular complexity index is 1810. The summed E-state index contributed by atoms with van der Waals surface area (Å²) < 4.78 is 18.3. The topological polar surface area (TPSA) is 122 Å². The first-order chi connectivity index (χ1) is 20.4. The lowest BCUT2D eigenvalue weighted by Gasteiger charge is -2.25. The molecule has 214 valence electrons. The molecule has 1 unspecified atom stereocenters. The van der Waals surface area contributed by atoms with Crippen LogP contribution in [0.3, 0.4) is 0 Å². The number of ether oxygens (including phenoxy) is 3. The van der Waals surface area contributed by atoms with E-state index in [9.17, 15) is 19.7 Å². The highest BCUT2D eigenvalue weighted by Gasteiger charge is 2.33. The highest BCUT2D eigenvalue weighted by Crippen LogP contribution is 2.31. The normalized spacial score (nSPS) is 14.7. The predicted molar refractivity (Wildman–Crippen MR) is 157 cm³/mol. The van der Waals surface area contributed by atoms with E-state index >= 15 is 0 Å². The number of aromatic nitrogens is 1. The van der Waals surface area contributed by atoms with E-state index in [0.717, 1.165) is 5.56 Å². The maximum atomic E-state index is 13.8. The maximum Gasteiger partial charge on any atom is 0.338 e. The second-order valence-corrected chi connectivity index (χ2v) is 10.4. The Labute approximate surface area is 244 Å². The minimum Gasteiger partial charge on any atom is -0.489 e. The van der Waals surface area contributed by atoms with Gasteiger partial charge in [0.25, 0.3) is 11.2 Å². The fourth-order valence-corrected chi connectivity index (χ4v) is 5.57. The number of thiazole rings is 1. The van der Waals surface area contributed by atoms with Gasteiger partial charge >= 0.3 is 5.97 Å². The predicted octanol–water partition coefficient (Wildman–Crippen LogP) is 3.91. The number of methoxy groups -OCH3 is 1. The third-order valence-electron chi connectivity index (χ3n) is 6.61. The quantitative estimate of drug-likeness (QED) is 0.120. The second kappa shape index (κ2) is 12.8. The molecule has 1 aliphatic heterocycles. The van der Waals surface area contributed by atoms with E-state index in [-0.39, 0.29) is 30.0 Å².